The van der Waals surface area contributed by atoms with Gasteiger partial charge in [0.1, 0.15) is 11.6 Å². The fourth-order valence-electron chi connectivity index (χ4n) is 3.22. The summed E-state index contributed by atoms with van der Waals surface area (Å²) in [4.78, 5) is 16.8. The summed E-state index contributed by atoms with van der Waals surface area (Å²) in [5.41, 5.74) is 7.59. The Morgan fingerprint density at radius 2 is 1.83 bits per heavy atom. The molecule has 1 saturated heterocycles. The number of piperazine rings is 1. The van der Waals surface area contributed by atoms with Crippen LogP contribution in [0.1, 0.15) is 17.3 Å². The number of benzene rings is 2. The number of hydrogen-bond acceptors (Lipinski definition) is 5. The van der Waals surface area contributed by atoms with Crippen LogP contribution in [0.4, 0.5) is 21.5 Å². The molecule has 6 nitrogen and oxygen atoms in total. The normalized spacial score (nSPS) is 13.8. The summed E-state index contributed by atoms with van der Waals surface area (Å²) in [6.07, 6.45) is 0. The molecule has 0 bridgehead atoms. The first-order valence-electron chi connectivity index (χ1n) is 9.03. The molecule has 1 heterocycles. The topological polar surface area (TPSA) is 70.8 Å². The van der Waals surface area contributed by atoms with E-state index in [2.05, 4.69) is 17.1 Å². The second kappa shape index (κ2) is 11.1. The van der Waals surface area contributed by atoms with Gasteiger partial charge in [-0.1, -0.05) is 6.92 Å². The highest BCUT2D eigenvalue weighted by molar-refractivity contribution is 6.04. The van der Waals surface area contributed by atoms with Gasteiger partial charge in [-0.3, -0.25) is 4.79 Å². The first kappa shape index (κ1) is 24.8. The van der Waals surface area contributed by atoms with E-state index in [1.807, 2.05) is 4.90 Å². The number of likely N-dealkylation sites (N-methyl/N-ethyl adjacent to an activating group) is 1. The van der Waals surface area contributed by atoms with E-state index in [0.717, 1.165) is 32.7 Å². The minimum Gasteiger partial charge on any atom is -0.495 e. The average molecular weight is 445 g/mol. The van der Waals surface area contributed by atoms with Crippen LogP contribution in [-0.4, -0.2) is 50.6 Å². The Morgan fingerprint density at radius 3 is 2.38 bits per heavy atom. The molecule has 0 radical (unpaired) electrons. The zero-order valence-corrected chi connectivity index (χ0v) is 18.1. The Bertz CT molecular complexity index is 830. The molecule has 1 aliphatic heterocycles. The van der Waals surface area contributed by atoms with E-state index in [1.165, 1.54) is 13.2 Å². The Morgan fingerprint density at radius 1 is 1.14 bits per heavy atom. The highest BCUT2D eigenvalue weighted by Gasteiger charge is 2.19. The van der Waals surface area contributed by atoms with E-state index >= 15 is 0 Å². The third-order valence-corrected chi connectivity index (χ3v) is 4.86. The molecule has 2 aromatic carbocycles. The standard InChI is InChI=1S/C20H25FN4O2.2ClH/c1-3-24-8-10-25(11-9-24)18-6-4-14(12-16(18)21)20(26)23-15-5-7-19(27-2)17(22)13-15;;/h4-7,12-13H,3,8-11,22H2,1-2H3,(H,23,26);2*1H. The van der Waals surface area contributed by atoms with E-state index in [1.54, 1.807) is 30.3 Å². The molecule has 3 N–H and O–H groups in total. The zero-order valence-electron chi connectivity index (χ0n) is 16.5. The molecule has 1 amide bonds. The van der Waals surface area contributed by atoms with Crippen molar-refractivity contribution >= 4 is 47.8 Å². The van der Waals surface area contributed by atoms with Crippen molar-refractivity contribution in [2.45, 2.75) is 6.92 Å². The average Bonchev–Trinajstić information content (AvgIpc) is 2.68. The first-order valence-corrected chi connectivity index (χ1v) is 9.03. The molecular formula is C20H27Cl2FN4O2. The van der Waals surface area contributed by atoms with Crippen LogP contribution in [0.2, 0.25) is 0 Å². The van der Waals surface area contributed by atoms with Gasteiger partial charge in [-0.05, 0) is 42.9 Å². The van der Waals surface area contributed by atoms with Crippen molar-refractivity contribution in [3.63, 3.8) is 0 Å². The van der Waals surface area contributed by atoms with E-state index in [0.29, 0.717) is 22.8 Å². The van der Waals surface area contributed by atoms with Crippen LogP contribution in [0.3, 0.4) is 0 Å². The molecule has 0 spiro atoms. The number of anilines is 3. The minimum atomic E-state index is -0.388. The van der Waals surface area contributed by atoms with Crippen molar-refractivity contribution in [3.8, 4) is 5.75 Å². The lowest BCUT2D eigenvalue weighted by molar-refractivity contribution is 0.102. The van der Waals surface area contributed by atoms with E-state index in [-0.39, 0.29) is 42.1 Å². The van der Waals surface area contributed by atoms with Crippen LogP contribution >= 0.6 is 24.8 Å². The lowest BCUT2D eigenvalue weighted by Crippen LogP contribution is -2.46. The number of nitrogen functional groups attached to an aromatic ring is 1. The number of carbonyl (C=O) groups excluding carboxylic acids is 1. The number of nitrogens with two attached hydrogens (primary N) is 1. The Kier molecular flexibility index (Phi) is 9.49. The quantitative estimate of drug-likeness (QED) is 0.688. The van der Waals surface area contributed by atoms with Crippen molar-refractivity contribution in [1.29, 1.82) is 0 Å². The van der Waals surface area contributed by atoms with Gasteiger partial charge in [0.15, 0.2) is 0 Å². The predicted molar refractivity (Wildman–Crippen MR) is 121 cm³/mol. The van der Waals surface area contributed by atoms with Crippen LogP contribution < -0.4 is 20.7 Å². The molecule has 0 aromatic heterocycles. The Balaban J connectivity index is 0.00000210. The molecule has 160 valence electrons. The molecule has 0 atom stereocenters. The largest absolute Gasteiger partial charge is 0.495 e. The SMILES string of the molecule is CCN1CCN(c2ccc(C(=O)Nc3ccc(OC)c(N)c3)cc2F)CC1.Cl.Cl. The third kappa shape index (κ3) is 5.88. The number of hydrogen-bond donors (Lipinski definition) is 2. The van der Waals surface area contributed by atoms with Crippen LogP contribution in [-0.2, 0) is 0 Å². The number of methoxy groups -OCH3 is 1. The number of carbonyl (C=O) groups is 1. The summed E-state index contributed by atoms with van der Waals surface area (Å²) < 4.78 is 19.7. The van der Waals surface area contributed by atoms with Crippen molar-refractivity contribution in [2.24, 2.45) is 0 Å². The number of rotatable bonds is 5. The van der Waals surface area contributed by atoms with Crippen LogP contribution in [0.25, 0.3) is 0 Å². The number of ether oxygens (including phenoxy) is 1. The molecule has 9 heteroatoms. The van der Waals surface area contributed by atoms with Crippen molar-refractivity contribution in [2.75, 3.05) is 55.8 Å². The molecule has 0 aliphatic carbocycles. The van der Waals surface area contributed by atoms with Gasteiger partial charge in [0.05, 0.1) is 18.5 Å². The van der Waals surface area contributed by atoms with Gasteiger partial charge in [-0.2, -0.15) is 0 Å². The summed E-state index contributed by atoms with van der Waals surface area (Å²) in [5.74, 6) is -0.241. The van der Waals surface area contributed by atoms with Crippen molar-refractivity contribution in [1.82, 2.24) is 4.90 Å². The highest BCUT2D eigenvalue weighted by atomic mass is 35.5. The van der Waals surface area contributed by atoms with Gasteiger partial charge >= 0.3 is 0 Å². The summed E-state index contributed by atoms with van der Waals surface area (Å²) in [7, 11) is 1.52. The smallest absolute Gasteiger partial charge is 0.255 e. The first-order chi connectivity index (χ1) is 13.0. The maximum absolute atomic E-state index is 14.6. The molecule has 0 unspecified atom stereocenters. The summed E-state index contributed by atoms with van der Waals surface area (Å²) >= 11 is 0. The zero-order chi connectivity index (χ0) is 19.4. The molecule has 0 saturated carbocycles. The van der Waals surface area contributed by atoms with Gasteiger partial charge in [0.2, 0.25) is 0 Å². The monoisotopic (exact) mass is 444 g/mol. The second-order valence-corrected chi connectivity index (χ2v) is 6.50. The Hall–Kier alpha value is -2.22. The predicted octanol–water partition coefficient (Wildman–Crippen LogP) is 3.65. The molecule has 1 fully saturated rings. The van der Waals surface area contributed by atoms with Gasteiger partial charge in [-0.25, -0.2) is 4.39 Å². The summed E-state index contributed by atoms with van der Waals surface area (Å²) in [6.45, 7) is 6.52. The molecule has 1 aliphatic rings. The summed E-state index contributed by atoms with van der Waals surface area (Å²) in [5, 5.41) is 2.73. The summed E-state index contributed by atoms with van der Waals surface area (Å²) in [6, 6.07) is 9.56. The highest BCUT2D eigenvalue weighted by Crippen LogP contribution is 2.26. The molecule has 2 aromatic rings. The minimum absolute atomic E-state index is 0. The van der Waals surface area contributed by atoms with E-state index < -0.39 is 0 Å². The number of amides is 1. The maximum Gasteiger partial charge on any atom is 0.255 e. The van der Waals surface area contributed by atoms with Crippen molar-refractivity contribution in [3.05, 3.63) is 47.8 Å². The van der Waals surface area contributed by atoms with Gasteiger partial charge in [0, 0.05) is 37.4 Å². The fraction of sp³-hybridized carbons (Fsp3) is 0.350. The van der Waals surface area contributed by atoms with Crippen LogP contribution in [0, 0.1) is 5.82 Å². The van der Waals surface area contributed by atoms with Crippen LogP contribution in [0.15, 0.2) is 36.4 Å². The Labute approximate surface area is 183 Å². The fourth-order valence-corrected chi connectivity index (χ4v) is 3.22. The van der Waals surface area contributed by atoms with E-state index in [4.69, 9.17) is 10.5 Å². The number of nitrogens with one attached hydrogen (secondary N) is 1. The third-order valence-electron chi connectivity index (χ3n) is 4.86. The van der Waals surface area contributed by atoms with Gasteiger partial charge in [-0.15, -0.1) is 24.8 Å². The van der Waals surface area contributed by atoms with Gasteiger partial charge in [0.25, 0.3) is 5.91 Å². The number of halogens is 3. The molecule has 3 rings (SSSR count). The lowest BCUT2D eigenvalue weighted by Gasteiger charge is -2.35. The van der Waals surface area contributed by atoms with E-state index in [9.17, 15) is 9.18 Å². The molecule has 29 heavy (non-hydrogen) atoms. The number of nitrogens with zero attached hydrogens (tertiary/aromatic N) is 2. The van der Waals surface area contributed by atoms with Crippen molar-refractivity contribution < 1.29 is 13.9 Å². The van der Waals surface area contributed by atoms with Gasteiger partial charge < -0.3 is 25.6 Å². The van der Waals surface area contributed by atoms with Crippen LogP contribution in [0.5, 0.6) is 5.75 Å². The second-order valence-electron chi connectivity index (χ2n) is 6.50. The molecular weight excluding hydrogens is 418 g/mol. The lowest BCUT2D eigenvalue weighted by atomic mass is 10.1. The maximum atomic E-state index is 14.6.